The molecule has 18 heavy (non-hydrogen) atoms. The number of aromatic nitrogens is 1. The van der Waals surface area contributed by atoms with Gasteiger partial charge in [-0.2, -0.15) is 0 Å². The molecule has 1 aliphatic heterocycles. The largest absolute Gasteiger partial charge is 0.417 e. The van der Waals surface area contributed by atoms with Crippen molar-refractivity contribution in [2.24, 2.45) is 0 Å². The maximum atomic E-state index is 11.1. The molecule has 1 aliphatic rings. The van der Waals surface area contributed by atoms with Crippen LogP contribution in [0.3, 0.4) is 0 Å². The SMILES string of the molecule is CC1(C)COCC(c2ccc3[nH]c(=O)oc3c2)N1. The van der Waals surface area contributed by atoms with Crippen molar-refractivity contribution in [3.63, 3.8) is 0 Å². The third-order valence-corrected chi connectivity index (χ3v) is 3.16. The molecule has 2 N–H and O–H groups in total. The van der Waals surface area contributed by atoms with Gasteiger partial charge in [0.15, 0.2) is 5.58 Å². The molecular weight excluding hydrogens is 232 g/mol. The van der Waals surface area contributed by atoms with Crippen LogP contribution >= 0.6 is 0 Å². The van der Waals surface area contributed by atoms with Crippen LogP contribution in [0.1, 0.15) is 25.5 Å². The molecule has 1 unspecified atom stereocenters. The number of aromatic amines is 1. The lowest BCUT2D eigenvalue weighted by Gasteiger charge is -2.37. The van der Waals surface area contributed by atoms with Gasteiger partial charge in [-0.1, -0.05) is 6.07 Å². The summed E-state index contributed by atoms with van der Waals surface area (Å²) in [5.74, 6) is -0.421. The lowest BCUT2D eigenvalue weighted by atomic mass is 9.99. The Balaban J connectivity index is 1.96. The first-order chi connectivity index (χ1) is 8.53. The second-order valence-electron chi connectivity index (χ2n) is 5.37. The van der Waals surface area contributed by atoms with E-state index in [1.54, 1.807) is 0 Å². The summed E-state index contributed by atoms with van der Waals surface area (Å²) < 4.78 is 10.7. The summed E-state index contributed by atoms with van der Waals surface area (Å²) >= 11 is 0. The number of benzene rings is 1. The third kappa shape index (κ3) is 2.07. The van der Waals surface area contributed by atoms with Crippen LogP contribution in [0, 0.1) is 0 Å². The van der Waals surface area contributed by atoms with Crippen LogP contribution < -0.4 is 11.1 Å². The van der Waals surface area contributed by atoms with E-state index in [4.69, 9.17) is 9.15 Å². The minimum Gasteiger partial charge on any atom is -0.408 e. The molecule has 0 saturated carbocycles. The van der Waals surface area contributed by atoms with Crippen LogP contribution in [0.25, 0.3) is 11.1 Å². The van der Waals surface area contributed by atoms with Gasteiger partial charge in [0.2, 0.25) is 0 Å². The van der Waals surface area contributed by atoms with Crippen molar-refractivity contribution in [1.29, 1.82) is 0 Å². The molecule has 2 heterocycles. The molecule has 0 spiro atoms. The summed E-state index contributed by atoms with van der Waals surface area (Å²) in [5, 5.41) is 3.53. The third-order valence-electron chi connectivity index (χ3n) is 3.16. The van der Waals surface area contributed by atoms with Crippen LogP contribution in [0.15, 0.2) is 27.4 Å². The molecular formula is C13H16N2O3. The fourth-order valence-electron chi connectivity index (χ4n) is 2.35. The van der Waals surface area contributed by atoms with Crippen LogP contribution in [0.5, 0.6) is 0 Å². The van der Waals surface area contributed by atoms with Gasteiger partial charge in [0.05, 0.1) is 24.8 Å². The molecule has 0 radical (unpaired) electrons. The van der Waals surface area contributed by atoms with Gasteiger partial charge < -0.3 is 14.5 Å². The van der Waals surface area contributed by atoms with Crippen LogP contribution in [-0.2, 0) is 4.74 Å². The number of hydrogen-bond acceptors (Lipinski definition) is 4. The molecule has 5 nitrogen and oxygen atoms in total. The predicted octanol–water partition coefficient (Wildman–Crippen LogP) is 1.56. The average molecular weight is 248 g/mol. The molecule has 0 bridgehead atoms. The second kappa shape index (κ2) is 3.96. The highest BCUT2D eigenvalue weighted by Gasteiger charge is 2.28. The van der Waals surface area contributed by atoms with E-state index in [9.17, 15) is 4.79 Å². The molecule has 1 atom stereocenters. The Labute approximate surface area is 104 Å². The molecule has 96 valence electrons. The Hall–Kier alpha value is -1.59. The standard InChI is InChI=1S/C13H16N2O3/c1-13(2)7-17-6-10(15-13)8-3-4-9-11(5-8)18-12(16)14-9/h3-5,10,15H,6-7H2,1-2H3,(H,14,16). The van der Waals surface area contributed by atoms with Crippen LogP contribution in [0.4, 0.5) is 0 Å². The van der Waals surface area contributed by atoms with Gasteiger partial charge in [0.1, 0.15) is 0 Å². The van der Waals surface area contributed by atoms with Gasteiger partial charge >= 0.3 is 5.76 Å². The van der Waals surface area contributed by atoms with Gasteiger partial charge in [-0.3, -0.25) is 4.98 Å². The lowest BCUT2D eigenvalue weighted by Crippen LogP contribution is -2.51. The monoisotopic (exact) mass is 248 g/mol. The highest BCUT2D eigenvalue weighted by molar-refractivity contribution is 5.72. The predicted molar refractivity (Wildman–Crippen MR) is 67.6 cm³/mol. The van der Waals surface area contributed by atoms with E-state index in [-0.39, 0.29) is 11.6 Å². The first-order valence-electron chi connectivity index (χ1n) is 6.02. The average Bonchev–Trinajstić information content (AvgIpc) is 2.66. The molecule has 1 saturated heterocycles. The maximum Gasteiger partial charge on any atom is 0.417 e. The normalized spacial score (nSPS) is 23.3. The zero-order valence-corrected chi connectivity index (χ0v) is 10.4. The topological polar surface area (TPSA) is 67.3 Å². The second-order valence-corrected chi connectivity index (χ2v) is 5.37. The number of oxazole rings is 1. The number of H-pyrrole nitrogens is 1. The van der Waals surface area contributed by atoms with E-state index in [0.29, 0.717) is 18.8 Å². The minimum absolute atomic E-state index is 0.0448. The summed E-state index contributed by atoms with van der Waals surface area (Å²) in [7, 11) is 0. The summed E-state index contributed by atoms with van der Waals surface area (Å²) in [6.45, 7) is 5.54. The highest BCUT2D eigenvalue weighted by Crippen LogP contribution is 2.24. The van der Waals surface area contributed by atoms with Crippen molar-refractivity contribution in [3.8, 4) is 0 Å². The zero-order chi connectivity index (χ0) is 12.8. The summed E-state index contributed by atoms with van der Waals surface area (Å²) in [5.41, 5.74) is 2.33. The van der Waals surface area contributed by atoms with Gasteiger partial charge in [0.25, 0.3) is 0 Å². The van der Waals surface area contributed by atoms with Crippen molar-refractivity contribution in [2.45, 2.75) is 25.4 Å². The fraction of sp³-hybridized carbons (Fsp3) is 0.462. The molecule has 0 aliphatic carbocycles. The first-order valence-corrected chi connectivity index (χ1v) is 6.02. The van der Waals surface area contributed by atoms with Gasteiger partial charge in [-0.15, -0.1) is 0 Å². The number of rotatable bonds is 1. The first kappa shape index (κ1) is 11.5. The van der Waals surface area contributed by atoms with Crippen molar-refractivity contribution in [2.75, 3.05) is 13.2 Å². The van der Waals surface area contributed by atoms with E-state index in [1.807, 2.05) is 18.2 Å². The summed E-state index contributed by atoms with van der Waals surface area (Å²) in [6.07, 6.45) is 0. The van der Waals surface area contributed by atoms with E-state index in [2.05, 4.69) is 24.1 Å². The highest BCUT2D eigenvalue weighted by atomic mass is 16.5. The molecule has 3 rings (SSSR count). The Morgan fingerprint density at radius 1 is 1.39 bits per heavy atom. The van der Waals surface area contributed by atoms with E-state index in [0.717, 1.165) is 11.1 Å². The van der Waals surface area contributed by atoms with Crippen molar-refractivity contribution >= 4 is 11.1 Å². The molecule has 1 aromatic heterocycles. The minimum atomic E-state index is -0.421. The Morgan fingerprint density at radius 2 is 2.22 bits per heavy atom. The van der Waals surface area contributed by atoms with E-state index >= 15 is 0 Å². The van der Waals surface area contributed by atoms with Gasteiger partial charge in [-0.25, -0.2) is 4.79 Å². The number of hydrogen-bond donors (Lipinski definition) is 2. The van der Waals surface area contributed by atoms with Gasteiger partial charge in [0, 0.05) is 5.54 Å². The molecule has 2 aromatic rings. The Morgan fingerprint density at radius 3 is 3.00 bits per heavy atom. The van der Waals surface area contributed by atoms with E-state index < -0.39 is 5.76 Å². The lowest BCUT2D eigenvalue weighted by molar-refractivity contribution is 0.0127. The molecule has 1 fully saturated rings. The summed E-state index contributed by atoms with van der Waals surface area (Å²) in [6, 6.07) is 5.85. The molecule has 5 heteroatoms. The van der Waals surface area contributed by atoms with Crippen LogP contribution in [0.2, 0.25) is 0 Å². The zero-order valence-electron chi connectivity index (χ0n) is 10.4. The maximum absolute atomic E-state index is 11.1. The molecule has 0 amide bonds. The van der Waals surface area contributed by atoms with Crippen molar-refractivity contribution in [3.05, 3.63) is 34.3 Å². The number of ether oxygens (including phenoxy) is 1. The van der Waals surface area contributed by atoms with Crippen molar-refractivity contribution in [1.82, 2.24) is 10.3 Å². The number of morpholine rings is 1. The smallest absolute Gasteiger partial charge is 0.408 e. The quantitative estimate of drug-likeness (QED) is 0.803. The summed E-state index contributed by atoms with van der Waals surface area (Å²) in [4.78, 5) is 13.7. The Kier molecular flexibility index (Phi) is 2.53. The van der Waals surface area contributed by atoms with Crippen LogP contribution in [-0.4, -0.2) is 23.7 Å². The molecule has 1 aromatic carbocycles. The number of fused-ring (bicyclic) bond motifs is 1. The Bertz CT molecular complexity index is 626. The van der Waals surface area contributed by atoms with Gasteiger partial charge in [-0.05, 0) is 31.5 Å². The van der Waals surface area contributed by atoms with Crippen molar-refractivity contribution < 1.29 is 9.15 Å². The fourth-order valence-corrected chi connectivity index (χ4v) is 2.35. The van der Waals surface area contributed by atoms with E-state index in [1.165, 1.54) is 0 Å². The number of nitrogens with one attached hydrogen (secondary N) is 2.